The average molecular weight is 348 g/mol. The van der Waals surface area contributed by atoms with E-state index in [4.69, 9.17) is 5.26 Å². The number of nitriles is 1. The van der Waals surface area contributed by atoms with Crippen molar-refractivity contribution in [1.82, 2.24) is 19.8 Å². The summed E-state index contributed by atoms with van der Waals surface area (Å²) in [7, 11) is 0. The monoisotopic (exact) mass is 348 g/mol. The average Bonchev–Trinajstić information content (AvgIpc) is 3.22. The van der Waals surface area contributed by atoms with Gasteiger partial charge in [-0.1, -0.05) is 0 Å². The van der Waals surface area contributed by atoms with Crippen molar-refractivity contribution in [2.45, 2.75) is 19.4 Å². The molecule has 2 aromatic heterocycles. The molecule has 0 bridgehead atoms. The van der Waals surface area contributed by atoms with Crippen LogP contribution in [0, 0.1) is 24.3 Å². The Balaban J connectivity index is 1.43. The van der Waals surface area contributed by atoms with E-state index in [0.29, 0.717) is 18.3 Å². The third-order valence-corrected chi connectivity index (χ3v) is 5.18. The van der Waals surface area contributed by atoms with Crippen molar-refractivity contribution in [3.05, 3.63) is 42.4 Å². The first-order valence-electron chi connectivity index (χ1n) is 8.75. The number of pyridine rings is 2. The molecule has 0 saturated carbocycles. The second-order valence-electron chi connectivity index (χ2n) is 6.86. The van der Waals surface area contributed by atoms with Gasteiger partial charge in [-0.25, -0.2) is 9.78 Å². The van der Waals surface area contributed by atoms with Crippen molar-refractivity contribution in [2.24, 2.45) is 5.92 Å². The van der Waals surface area contributed by atoms with Gasteiger partial charge in [0.2, 0.25) is 0 Å². The molecule has 2 aliphatic heterocycles. The zero-order chi connectivity index (χ0) is 18.1. The van der Waals surface area contributed by atoms with Gasteiger partial charge in [0.1, 0.15) is 5.82 Å². The molecule has 2 fully saturated rings. The summed E-state index contributed by atoms with van der Waals surface area (Å²) < 4.78 is 0. The van der Waals surface area contributed by atoms with E-state index in [1.807, 2.05) is 36.1 Å². The van der Waals surface area contributed by atoms with Crippen molar-refractivity contribution >= 4 is 11.8 Å². The number of hydrogen-bond acceptors (Lipinski definition) is 5. The van der Waals surface area contributed by atoms with E-state index in [9.17, 15) is 4.79 Å². The van der Waals surface area contributed by atoms with Crippen LogP contribution in [0.5, 0.6) is 0 Å². The Morgan fingerprint density at radius 3 is 2.88 bits per heavy atom. The minimum atomic E-state index is -0.141. The zero-order valence-corrected chi connectivity index (χ0v) is 14.6. The van der Waals surface area contributed by atoms with Crippen LogP contribution in [-0.2, 0) is 0 Å². The first-order chi connectivity index (χ1) is 12.6. The third-order valence-electron chi connectivity index (χ3n) is 5.18. The number of aryl methyl sites for hydroxylation is 1. The molecule has 1 N–H and O–H groups in total. The lowest BCUT2D eigenvalue weighted by Crippen LogP contribution is -2.41. The summed E-state index contributed by atoms with van der Waals surface area (Å²) in [4.78, 5) is 24.8. The highest BCUT2D eigenvalue weighted by molar-refractivity contribution is 5.89. The van der Waals surface area contributed by atoms with E-state index in [2.05, 4.69) is 21.5 Å². The van der Waals surface area contributed by atoms with Gasteiger partial charge in [0, 0.05) is 49.2 Å². The van der Waals surface area contributed by atoms with Gasteiger partial charge in [-0.05, 0) is 43.2 Å². The second kappa shape index (κ2) is 6.64. The molecule has 4 heterocycles. The fourth-order valence-corrected chi connectivity index (χ4v) is 3.84. The lowest BCUT2D eigenvalue weighted by Gasteiger charge is -2.23. The van der Waals surface area contributed by atoms with Crippen molar-refractivity contribution in [3.63, 3.8) is 0 Å². The van der Waals surface area contributed by atoms with Gasteiger partial charge >= 0.3 is 6.03 Å². The number of anilines is 1. The molecule has 4 rings (SSSR count). The number of aromatic nitrogens is 2. The van der Waals surface area contributed by atoms with Crippen molar-refractivity contribution in [2.75, 3.05) is 25.0 Å². The molecule has 26 heavy (non-hydrogen) atoms. The highest BCUT2D eigenvalue weighted by Gasteiger charge is 2.43. The summed E-state index contributed by atoms with van der Waals surface area (Å²) in [6, 6.07) is 7.67. The van der Waals surface area contributed by atoms with Gasteiger partial charge in [0.05, 0.1) is 6.04 Å². The fourth-order valence-electron chi connectivity index (χ4n) is 3.84. The fraction of sp³-hybridized carbons (Fsp3) is 0.368. The van der Waals surface area contributed by atoms with E-state index in [1.54, 1.807) is 17.3 Å². The standard InChI is InChI=1S/C19H20N6O/c1-13-8-14(4-6-21-13)15-2-3-18(22-9-15)23-19(26)25-7-5-16-10-24(12-20)11-17(16)25/h2-4,6,8-9,16-17H,5,7,10-11H2,1H3,(H,22,23,26)/t16-,17+/m1/s1. The maximum atomic E-state index is 12.6. The highest BCUT2D eigenvalue weighted by atomic mass is 16.2. The topological polar surface area (TPSA) is 85.2 Å². The lowest BCUT2D eigenvalue weighted by atomic mass is 10.1. The maximum Gasteiger partial charge on any atom is 0.323 e. The number of rotatable bonds is 2. The number of carbonyl (C=O) groups is 1. The number of likely N-dealkylation sites (tertiary alicyclic amines) is 2. The number of carbonyl (C=O) groups excluding carboxylic acids is 1. The predicted molar refractivity (Wildman–Crippen MR) is 97.0 cm³/mol. The molecule has 2 atom stereocenters. The first-order valence-corrected chi connectivity index (χ1v) is 8.75. The van der Waals surface area contributed by atoms with Crippen LogP contribution in [0.15, 0.2) is 36.7 Å². The number of fused-ring (bicyclic) bond motifs is 1. The molecule has 7 heteroatoms. The van der Waals surface area contributed by atoms with E-state index in [0.717, 1.165) is 36.3 Å². The smallest absolute Gasteiger partial charge is 0.319 e. The second-order valence-corrected chi connectivity index (χ2v) is 6.86. The summed E-state index contributed by atoms with van der Waals surface area (Å²) in [5.74, 6) is 0.925. The lowest BCUT2D eigenvalue weighted by molar-refractivity contribution is 0.203. The van der Waals surface area contributed by atoms with Crippen molar-refractivity contribution in [1.29, 1.82) is 5.26 Å². The zero-order valence-electron chi connectivity index (χ0n) is 14.6. The summed E-state index contributed by atoms with van der Waals surface area (Å²) in [5, 5.41) is 11.9. The van der Waals surface area contributed by atoms with Gasteiger partial charge in [0.15, 0.2) is 6.19 Å². The van der Waals surface area contributed by atoms with Gasteiger partial charge in [0.25, 0.3) is 0 Å². The van der Waals surface area contributed by atoms with Crippen LogP contribution in [0.4, 0.5) is 10.6 Å². The largest absolute Gasteiger partial charge is 0.323 e. The number of urea groups is 1. The van der Waals surface area contributed by atoms with Crippen LogP contribution in [0.1, 0.15) is 12.1 Å². The molecule has 2 aromatic rings. The van der Waals surface area contributed by atoms with E-state index in [1.165, 1.54) is 0 Å². The molecule has 0 radical (unpaired) electrons. The predicted octanol–water partition coefficient (Wildman–Crippen LogP) is 2.47. The molecular formula is C19H20N6O. The Morgan fingerprint density at radius 1 is 1.27 bits per heavy atom. The van der Waals surface area contributed by atoms with Crippen LogP contribution in [-0.4, -0.2) is 51.5 Å². The molecule has 0 aliphatic carbocycles. The Labute approximate surface area is 152 Å². The van der Waals surface area contributed by atoms with Gasteiger partial charge < -0.3 is 9.80 Å². The summed E-state index contributed by atoms with van der Waals surface area (Å²) in [6.07, 6.45) is 6.66. The van der Waals surface area contributed by atoms with Crippen LogP contribution in [0.3, 0.4) is 0 Å². The molecule has 2 amide bonds. The highest BCUT2D eigenvalue weighted by Crippen LogP contribution is 2.31. The molecule has 132 valence electrons. The SMILES string of the molecule is Cc1cc(-c2ccc(NC(=O)N3CC[C@@H]4CN(C#N)C[C@@H]43)nc2)ccn1. The molecule has 0 aromatic carbocycles. The Hall–Kier alpha value is -3.14. The van der Waals surface area contributed by atoms with Crippen LogP contribution in [0.2, 0.25) is 0 Å². The van der Waals surface area contributed by atoms with Crippen LogP contribution >= 0.6 is 0 Å². The molecule has 7 nitrogen and oxygen atoms in total. The van der Waals surface area contributed by atoms with Gasteiger partial charge in [-0.2, -0.15) is 5.26 Å². The molecule has 0 spiro atoms. The van der Waals surface area contributed by atoms with E-state index < -0.39 is 0 Å². The van der Waals surface area contributed by atoms with Gasteiger partial charge in [-0.3, -0.25) is 10.3 Å². The summed E-state index contributed by atoms with van der Waals surface area (Å²) in [5.41, 5.74) is 2.98. The van der Waals surface area contributed by atoms with Crippen molar-refractivity contribution < 1.29 is 4.79 Å². The number of nitrogens with one attached hydrogen (secondary N) is 1. The third kappa shape index (κ3) is 3.06. The molecule has 2 aliphatic rings. The van der Waals surface area contributed by atoms with E-state index >= 15 is 0 Å². The number of amides is 2. The quantitative estimate of drug-likeness (QED) is 0.843. The Kier molecular flexibility index (Phi) is 4.17. The summed E-state index contributed by atoms with van der Waals surface area (Å²) >= 11 is 0. The van der Waals surface area contributed by atoms with Crippen molar-refractivity contribution in [3.8, 4) is 17.3 Å². The maximum absolute atomic E-state index is 12.6. The summed E-state index contributed by atoms with van der Waals surface area (Å²) in [6.45, 7) is 4.06. The molecule has 2 saturated heterocycles. The minimum absolute atomic E-state index is 0.119. The molecular weight excluding hydrogens is 328 g/mol. The number of hydrogen-bond donors (Lipinski definition) is 1. The number of nitrogens with zero attached hydrogens (tertiary/aromatic N) is 5. The molecule has 0 unspecified atom stereocenters. The Morgan fingerprint density at radius 2 is 2.15 bits per heavy atom. The van der Waals surface area contributed by atoms with Crippen LogP contribution < -0.4 is 5.32 Å². The van der Waals surface area contributed by atoms with E-state index in [-0.39, 0.29) is 12.1 Å². The normalized spacial score (nSPS) is 21.4. The van der Waals surface area contributed by atoms with Crippen LogP contribution in [0.25, 0.3) is 11.1 Å². The first kappa shape index (κ1) is 16.3. The minimum Gasteiger partial charge on any atom is -0.319 e. The Bertz CT molecular complexity index is 859. The van der Waals surface area contributed by atoms with Gasteiger partial charge in [-0.15, -0.1) is 0 Å².